The lowest BCUT2D eigenvalue weighted by atomic mass is 9.95. The average molecular weight is 284 g/mol. The Kier molecular flexibility index (Phi) is 6.10. The van der Waals surface area contributed by atoms with Crippen molar-refractivity contribution in [2.45, 2.75) is 57.0 Å². The molecule has 2 saturated carbocycles. The van der Waals surface area contributed by atoms with Crippen molar-refractivity contribution >= 4 is 6.03 Å². The molecule has 2 amide bonds. The summed E-state index contributed by atoms with van der Waals surface area (Å²) in [5.74, 6) is 0.758. The van der Waals surface area contributed by atoms with Crippen LogP contribution < -0.4 is 10.6 Å². The molecule has 0 unspecified atom stereocenters. The normalized spacial score (nSPS) is 22.1. The van der Waals surface area contributed by atoms with Crippen LogP contribution in [0.15, 0.2) is 0 Å². The van der Waals surface area contributed by atoms with Crippen LogP contribution in [0.1, 0.15) is 51.4 Å². The van der Waals surface area contributed by atoms with Gasteiger partial charge in [0, 0.05) is 19.7 Å². The lowest BCUT2D eigenvalue weighted by Gasteiger charge is -2.26. The molecule has 116 valence electrons. The molecule has 2 rings (SSSR count). The first-order chi connectivity index (χ1) is 9.68. The minimum atomic E-state index is -0.712. The minimum Gasteiger partial charge on any atom is -0.388 e. The molecule has 0 spiro atoms. The van der Waals surface area contributed by atoms with E-state index in [2.05, 4.69) is 10.6 Å². The van der Waals surface area contributed by atoms with Crippen LogP contribution in [0.2, 0.25) is 0 Å². The summed E-state index contributed by atoms with van der Waals surface area (Å²) < 4.78 is 5.45. The molecule has 0 radical (unpaired) electrons. The van der Waals surface area contributed by atoms with Crippen molar-refractivity contribution in [3.63, 3.8) is 0 Å². The molecule has 0 bridgehead atoms. The van der Waals surface area contributed by atoms with Gasteiger partial charge in [-0.05, 0) is 31.6 Å². The van der Waals surface area contributed by atoms with Crippen LogP contribution in [0, 0.1) is 5.92 Å². The number of rotatable bonds is 7. The predicted molar refractivity (Wildman–Crippen MR) is 77.6 cm³/mol. The molecule has 20 heavy (non-hydrogen) atoms. The number of carbonyl (C=O) groups is 1. The van der Waals surface area contributed by atoms with Crippen LogP contribution in [-0.2, 0) is 4.74 Å². The van der Waals surface area contributed by atoms with E-state index in [4.69, 9.17) is 4.74 Å². The van der Waals surface area contributed by atoms with Crippen molar-refractivity contribution in [1.82, 2.24) is 10.6 Å². The fourth-order valence-electron chi connectivity index (χ4n) is 2.64. The summed E-state index contributed by atoms with van der Waals surface area (Å²) in [7, 11) is 0. The van der Waals surface area contributed by atoms with E-state index < -0.39 is 5.60 Å². The van der Waals surface area contributed by atoms with Gasteiger partial charge in [0.25, 0.3) is 0 Å². The molecule has 0 aliphatic heterocycles. The van der Waals surface area contributed by atoms with Crippen molar-refractivity contribution in [1.29, 1.82) is 0 Å². The maximum atomic E-state index is 11.6. The summed E-state index contributed by atoms with van der Waals surface area (Å²) in [4.78, 5) is 11.6. The van der Waals surface area contributed by atoms with Crippen LogP contribution in [0.25, 0.3) is 0 Å². The van der Waals surface area contributed by atoms with Crippen LogP contribution in [0.4, 0.5) is 4.79 Å². The first-order valence-electron chi connectivity index (χ1n) is 8.00. The van der Waals surface area contributed by atoms with Gasteiger partial charge in [-0.3, -0.25) is 0 Å². The van der Waals surface area contributed by atoms with Crippen LogP contribution in [0.5, 0.6) is 0 Å². The Bertz CT molecular complexity index is 297. The summed E-state index contributed by atoms with van der Waals surface area (Å²) in [6.45, 7) is 2.26. The number of aliphatic hydroxyl groups is 1. The van der Waals surface area contributed by atoms with E-state index >= 15 is 0 Å². The molecule has 2 aliphatic rings. The summed E-state index contributed by atoms with van der Waals surface area (Å²) >= 11 is 0. The largest absolute Gasteiger partial charge is 0.388 e. The summed E-state index contributed by atoms with van der Waals surface area (Å²) in [6, 6.07) is -0.210. The first-order valence-corrected chi connectivity index (χ1v) is 8.00. The molecule has 0 aromatic carbocycles. The number of ether oxygens (including phenoxy) is 1. The molecule has 2 fully saturated rings. The first kappa shape index (κ1) is 15.6. The molecule has 3 N–H and O–H groups in total. The SMILES string of the molecule is O=C(NCCOCC1CC1)NCC1(O)CCCCCC1. The second-order valence-electron chi connectivity index (χ2n) is 6.27. The Morgan fingerprint density at radius 2 is 1.85 bits per heavy atom. The average Bonchev–Trinajstić information content (AvgIpc) is 3.25. The fraction of sp³-hybridized carbons (Fsp3) is 0.933. The minimum absolute atomic E-state index is 0.210. The van der Waals surface area contributed by atoms with E-state index in [1.807, 2.05) is 0 Å². The molecular formula is C15H28N2O3. The van der Waals surface area contributed by atoms with Gasteiger partial charge in [0.15, 0.2) is 0 Å². The Morgan fingerprint density at radius 1 is 1.15 bits per heavy atom. The maximum Gasteiger partial charge on any atom is 0.314 e. The third kappa shape index (κ3) is 6.09. The highest BCUT2D eigenvalue weighted by Gasteiger charge is 2.28. The standard InChI is InChI=1S/C15H28N2O3/c18-14(16-9-10-20-11-13-5-6-13)17-12-15(19)7-3-1-2-4-8-15/h13,19H,1-12H2,(H2,16,17,18). The van der Waals surface area contributed by atoms with E-state index in [1.165, 1.54) is 25.7 Å². The van der Waals surface area contributed by atoms with Gasteiger partial charge in [0.2, 0.25) is 0 Å². The van der Waals surface area contributed by atoms with E-state index in [0.717, 1.165) is 38.2 Å². The number of urea groups is 1. The van der Waals surface area contributed by atoms with Crippen LogP contribution >= 0.6 is 0 Å². The van der Waals surface area contributed by atoms with E-state index in [-0.39, 0.29) is 6.03 Å². The van der Waals surface area contributed by atoms with Gasteiger partial charge < -0.3 is 20.5 Å². The van der Waals surface area contributed by atoms with E-state index in [1.54, 1.807) is 0 Å². The summed E-state index contributed by atoms with van der Waals surface area (Å²) in [5.41, 5.74) is -0.712. The monoisotopic (exact) mass is 284 g/mol. The molecule has 0 atom stereocenters. The molecular weight excluding hydrogens is 256 g/mol. The highest BCUT2D eigenvalue weighted by molar-refractivity contribution is 5.73. The summed E-state index contributed by atoms with van der Waals surface area (Å²) in [6.07, 6.45) is 8.62. The summed E-state index contributed by atoms with van der Waals surface area (Å²) in [5, 5.41) is 16.0. The zero-order valence-corrected chi connectivity index (χ0v) is 12.3. The van der Waals surface area contributed by atoms with Crippen molar-refractivity contribution in [2.75, 3.05) is 26.3 Å². The number of hydrogen-bond acceptors (Lipinski definition) is 3. The number of amides is 2. The Labute approximate surface area is 121 Å². The molecule has 2 aliphatic carbocycles. The number of carbonyl (C=O) groups excluding carboxylic acids is 1. The Morgan fingerprint density at radius 3 is 2.50 bits per heavy atom. The zero-order valence-electron chi connectivity index (χ0n) is 12.3. The van der Waals surface area contributed by atoms with Gasteiger partial charge in [-0.25, -0.2) is 4.79 Å². The third-order valence-electron chi connectivity index (χ3n) is 4.19. The number of hydrogen-bond donors (Lipinski definition) is 3. The number of nitrogens with one attached hydrogen (secondary N) is 2. The highest BCUT2D eigenvalue weighted by Crippen LogP contribution is 2.28. The van der Waals surface area contributed by atoms with Gasteiger partial charge >= 0.3 is 6.03 Å². The molecule has 0 aromatic heterocycles. The lowest BCUT2D eigenvalue weighted by molar-refractivity contribution is 0.0276. The molecule has 5 nitrogen and oxygen atoms in total. The third-order valence-corrected chi connectivity index (χ3v) is 4.19. The van der Waals surface area contributed by atoms with Crippen LogP contribution in [-0.4, -0.2) is 43.0 Å². The van der Waals surface area contributed by atoms with E-state index in [0.29, 0.717) is 19.7 Å². The fourth-order valence-corrected chi connectivity index (χ4v) is 2.64. The van der Waals surface area contributed by atoms with Crippen molar-refractivity contribution < 1.29 is 14.6 Å². The molecule has 0 heterocycles. The van der Waals surface area contributed by atoms with Gasteiger partial charge in [-0.1, -0.05) is 25.7 Å². The Balaban J connectivity index is 1.51. The highest BCUT2D eigenvalue weighted by atomic mass is 16.5. The topological polar surface area (TPSA) is 70.6 Å². The second-order valence-corrected chi connectivity index (χ2v) is 6.27. The van der Waals surface area contributed by atoms with Crippen molar-refractivity contribution in [2.24, 2.45) is 5.92 Å². The Hall–Kier alpha value is -0.810. The zero-order chi connectivity index (χ0) is 14.3. The second kappa shape index (κ2) is 7.84. The predicted octanol–water partition coefficient (Wildman–Crippen LogP) is 1.80. The molecule has 0 saturated heterocycles. The van der Waals surface area contributed by atoms with Crippen molar-refractivity contribution in [3.8, 4) is 0 Å². The van der Waals surface area contributed by atoms with Gasteiger partial charge in [0.1, 0.15) is 0 Å². The smallest absolute Gasteiger partial charge is 0.314 e. The van der Waals surface area contributed by atoms with Crippen LogP contribution in [0.3, 0.4) is 0 Å². The van der Waals surface area contributed by atoms with Gasteiger partial charge in [-0.15, -0.1) is 0 Å². The quantitative estimate of drug-likeness (QED) is 0.493. The van der Waals surface area contributed by atoms with Crippen molar-refractivity contribution in [3.05, 3.63) is 0 Å². The lowest BCUT2D eigenvalue weighted by Crippen LogP contribution is -2.46. The van der Waals surface area contributed by atoms with Gasteiger partial charge in [-0.2, -0.15) is 0 Å². The van der Waals surface area contributed by atoms with Gasteiger partial charge in [0.05, 0.1) is 12.2 Å². The molecule has 5 heteroatoms. The molecule has 0 aromatic rings. The van der Waals surface area contributed by atoms with E-state index in [9.17, 15) is 9.90 Å². The maximum absolute atomic E-state index is 11.6.